The molecule has 5 rings (SSSR count). The fourth-order valence-electron chi connectivity index (χ4n) is 7.62. The molecule has 10 nitrogen and oxygen atoms in total. The zero-order valence-electron chi connectivity index (χ0n) is 34.1. The topological polar surface area (TPSA) is 119 Å². The third-order valence-corrected chi connectivity index (χ3v) is 17.5. The summed E-state index contributed by atoms with van der Waals surface area (Å²) >= 11 is 0. The zero-order chi connectivity index (χ0) is 40.8. The van der Waals surface area contributed by atoms with E-state index in [1.54, 1.807) is 25.1 Å². The molecule has 5 atom stereocenters. The SMILES string of the molecule is CCOC(=O)[C@H]([C@H](CO[Si](c1ccccc1)(c1ccccc1)C(C)(C)C)[C@H](c1ccc2c(c1)OCO2)S(=O)C(C)(C)C)[C@@H](O)c1cc(OC)c(OC)c(OC)c1. The van der Waals surface area contributed by atoms with Gasteiger partial charge in [-0.05, 0) is 78.5 Å². The Labute approximate surface area is 335 Å². The number of esters is 1. The number of fused-ring (bicyclic) bond motifs is 1. The smallest absolute Gasteiger partial charge is 0.312 e. The molecule has 56 heavy (non-hydrogen) atoms. The van der Waals surface area contributed by atoms with Crippen LogP contribution in [0.15, 0.2) is 91.0 Å². The van der Waals surface area contributed by atoms with Gasteiger partial charge in [-0.3, -0.25) is 9.00 Å². The molecule has 1 heterocycles. The van der Waals surface area contributed by atoms with Crippen LogP contribution in [-0.2, 0) is 24.8 Å². The Kier molecular flexibility index (Phi) is 13.6. The van der Waals surface area contributed by atoms with Gasteiger partial charge in [-0.1, -0.05) is 87.5 Å². The number of methoxy groups -OCH3 is 3. The van der Waals surface area contributed by atoms with Crippen molar-refractivity contribution in [2.24, 2.45) is 11.8 Å². The van der Waals surface area contributed by atoms with Crippen LogP contribution in [0.2, 0.25) is 5.04 Å². The number of hydrogen-bond acceptors (Lipinski definition) is 10. The van der Waals surface area contributed by atoms with Gasteiger partial charge in [0.15, 0.2) is 23.0 Å². The third-order valence-electron chi connectivity index (χ3n) is 10.2. The van der Waals surface area contributed by atoms with Gasteiger partial charge in [-0.2, -0.15) is 0 Å². The Hall–Kier alpha value is -4.36. The maximum Gasteiger partial charge on any atom is 0.312 e. The average molecular weight is 805 g/mol. The van der Waals surface area contributed by atoms with Gasteiger partial charge >= 0.3 is 5.97 Å². The number of aliphatic hydroxyl groups excluding tert-OH is 1. The number of aliphatic hydroxyl groups is 1. The van der Waals surface area contributed by atoms with Crippen LogP contribution >= 0.6 is 0 Å². The highest BCUT2D eigenvalue weighted by Crippen LogP contribution is 2.48. The maximum atomic E-state index is 15.2. The standard InChI is InChI=1S/C44H56O10SSi/c1-11-51-42(46)38(39(45)30-25-36(48-8)40(50-10)37(26-30)49-9)33(41(55(47)43(2,3)4)29-22-23-34-35(24-29)53-28-52-34)27-54-56(44(5,6)7,31-18-14-12-15-19-31)32-20-16-13-17-21-32/h12-26,33,38-39,41,45H,11,27-28H2,1-10H3/t33-,38+,39-,41-,55?/m0/s1. The molecule has 0 bridgehead atoms. The number of carbonyl (C=O) groups is 1. The van der Waals surface area contributed by atoms with Gasteiger partial charge < -0.3 is 38.0 Å². The van der Waals surface area contributed by atoms with Crippen molar-refractivity contribution in [1.82, 2.24) is 0 Å². The van der Waals surface area contributed by atoms with Crippen LogP contribution in [0.5, 0.6) is 28.7 Å². The number of hydrogen-bond donors (Lipinski definition) is 1. The molecule has 302 valence electrons. The van der Waals surface area contributed by atoms with E-state index in [1.807, 2.05) is 69.3 Å². The Morgan fingerprint density at radius 1 is 0.786 bits per heavy atom. The lowest BCUT2D eigenvalue weighted by molar-refractivity contribution is -0.156. The van der Waals surface area contributed by atoms with Gasteiger partial charge in [-0.25, -0.2) is 0 Å². The summed E-state index contributed by atoms with van der Waals surface area (Å²) in [4.78, 5) is 14.6. The van der Waals surface area contributed by atoms with Crippen LogP contribution in [0.1, 0.15) is 70.9 Å². The van der Waals surface area contributed by atoms with Crippen LogP contribution in [-0.4, -0.2) is 69.7 Å². The lowest BCUT2D eigenvalue weighted by Gasteiger charge is -2.45. The summed E-state index contributed by atoms with van der Waals surface area (Å²) in [5, 5.41) is 13.4. The lowest BCUT2D eigenvalue weighted by atomic mass is 9.80. The highest BCUT2D eigenvalue weighted by Gasteiger charge is 2.53. The second-order valence-electron chi connectivity index (χ2n) is 15.8. The number of ether oxygens (including phenoxy) is 6. The summed E-state index contributed by atoms with van der Waals surface area (Å²) in [6, 6.07) is 29.1. The van der Waals surface area contributed by atoms with E-state index in [2.05, 4.69) is 45.0 Å². The molecular weight excluding hydrogens is 749 g/mol. The average Bonchev–Trinajstić information content (AvgIpc) is 3.65. The minimum absolute atomic E-state index is 0.0522. The molecule has 12 heteroatoms. The molecule has 0 saturated heterocycles. The third kappa shape index (κ3) is 8.63. The molecule has 0 radical (unpaired) electrons. The Morgan fingerprint density at radius 3 is 1.82 bits per heavy atom. The van der Waals surface area contributed by atoms with Gasteiger partial charge in [-0.15, -0.1) is 0 Å². The quantitative estimate of drug-likeness (QED) is 0.0926. The Balaban J connectivity index is 1.81. The Morgan fingerprint density at radius 2 is 1.34 bits per heavy atom. The number of benzene rings is 4. The van der Waals surface area contributed by atoms with E-state index in [1.165, 1.54) is 21.3 Å². The number of carbonyl (C=O) groups excluding carboxylic acids is 1. The van der Waals surface area contributed by atoms with E-state index < -0.39 is 58.1 Å². The fourth-order valence-corrected chi connectivity index (χ4v) is 13.9. The van der Waals surface area contributed by atoms with E-state index in [4.69, 9.17) is 32.8 Å². The summed E-state index contributed by atoms with van der Waals surface area (Å²) in [5.41, 5.74) is 0.962. The summed E-state index contributed by atoms with van der Waals surface area (Å²) in [7, 11) is -0.453. The summed E-state index contributed by atoms with van der Waals surface area (Å²) < 4.78 is 56.2. The monoisotopic (exact) mass is 804 g/mol. The van der Waals surface area contributed by atoms with Gasteiger partial charge in [0.05, 0.1) is 45.2 Å². The molecule has 0 aliphatic carbocycles. The second-order valence-corrected chi connectivity index (χ2v) is 22.4. The minimum Gasteiger partial charge on any atom is -0.493 e. The largest absolute Gasteiger partial charge is 0.493 e. The molecule has 0 amide bonds. The molecule has 1 N–H and O–H groups in total. The first-order valence-corrected chi connectivity index (χ1v) is 21.9. The highest BCUT2D eigenvalue weighted by atomic mass is 32.2. The van der Waals surface area contributed by atoms with Crippen molar-refractivity contribution in [3.8, 4) is 28.7 Å². The number of rotatable bonds is 16. The molecule has 1 unspecified atom stereocenters. The van der Waals surface area contributed by atoms with Crippen molar-refractivity contribution in [2.45, 2.75) is 69.6 Å². The molecule has 1 aliphatic rings. The molecule has 0 fully saturated rings. The van der Waals surface area contributed by atoms with E-state index in [0.717, 1.165) is 10.4 Å². The van der Waals surface area contributed by atoms with Gasteiger partial charge in [0, 0.05) is 28.1 Å². The van der Waals surface area contributed by atoms with Gasteiger partial charge in [0.2, 0.25) is 12.5 Å². The van der Waals surface area contributed by atoms with Crippen LogP contribution < -0.4 is 34.1 Å². The van der Waals surface area contributed by atoms with Crippen molar-refractivity contribution >= 4 is 35.5 Å². The van der Waals surface area contributed by atoms with E-state index in [9.17, 15) is 9.90 Å². The molecule has 4 aromatic rings. The predicted octanol–water partition coefficient (Wildman–Crippen LogP) is 7.14. The lowest BCUT2D eigenvalue weighted by Crippen LogP contribution is -2.67. The van der Waals surface area contributed by atoms with Crippen molar-refractivity contribution in [2.75, 3.05) is 41.3 Å². The molecule has 1 aliphatic heterocycles. The molecule has 4 aromatic carbocycles. The predicted molar refractivity (Wildman–Crippen MR) is 221 cm³/mol. The van der Waals surface area contributed by atoms with Crippen LogP contribution in [0.4, 0.5) is 0 Å². The first kappa shape index (κ1) is 42.8. The van der Waals surface area contributed by atoms with Crippen LogP contribution in [0, 0.1) is 11.8 Å². The molecule has 0 spiro atoms. The minimum atomic E-state index is -3.25. The van der Waals surface area contributed by atoms with Gasteiger partial charge in [0.25, 0.3) is 8.32 Å². The van der Waals surface area contributed by atoms with Crippen molar-refractivity contribution in [1.29, 1.82) is 0 Å². The molecular formula is C44H56O10SSi. The first-order valence-electron chi connectivity index (χ1n) is 18.8. The normalized spacial score (nSPS) is 15.6. The second kappa shape index (κ2) is 17.8. The van der Waals surface area contributed by atoms with Gasteiger partial charge in [0.1, 0.15) is 0 Å². The summed E-state index contributed by atoms with van der Waals surface area (Å²) in [5.74, 6) is -0.887. The fraction of sp³-hybridized carbons (Fsp3) is 0.432. The Bertz CT molecular complexity index is 1890. The van der Waals surface area contributed by atoms with E-state index in [-0.39, 0.29) is 20.0 Å². The summed E-state index contributed by atoms with van der Waals surface area (Å²) in [6.07, 6.45) is -1.50. The van der Waals surface area contributed by atoms with Crippen LogP contribution in [0.25, 0.3) is 0 Å². The van der Waals surface area contributed by atoms with Crippen molar-refractivity contribution in [3.05, 3.63) is 102 Å². The summed E-state index contributed by atoms with van der Waals surface area (Å²) in [6.45, 7) is 14.0. The zero-order valence-corrected chi connectivity index (χ0v) is 35.9. The van der Waals surface area contributed by atoms with Crippen molar-refractivity contribution in [3.63, 3.8) is 0 Å². The molecule has 0 aromatic heterocycles. The van der Waals surface area contributed by atoms with E-state index in [0.29, 0.717) is 39.9 Å². The maximum absolute atomic E-state index is 15.2. The van der Waals surface area contributed by atoms with Crippen molar-refractivity contribution < 1.29 is 47.0 Å². The first-order chi connectivity index (χ1) is 26.6. The van der Waals surface area contributed by atoms with E-state index >= 15 is 4.21 Å². The highest BCUT2D eigenvalue weighted by molar-refractivity contribution is 7.86. The van der Waals surface area contributed by atoms with Crippen LogP contribution in [0.3, 0.4) is 0 Å². The molecule has 0 saturated carbocycles.